The molecule has 0 saturated carbocycles. The summed E-state index contributed by atoms with van der Waals surface area (Å²) in [5.74, 6) is -1.09. The van der Waals surface area contributed by atoms with Gasteiger partial charge in [-0.15, -0.1) is 4.72 Å². The van der Waals surface area contributed by atoms with Crippen LogP contribution in [0.2, 0.25) is 0 Å². The molecule has 1 aromatic heterocycles. The van der Waals surface area contributed by atoms with E-state index in [1.54, 1.807) is 0 Å². The highest BCUT2D eigenvalue weighted by Gasteiger charge is 2.47. The number of nitrogens with one attached hydrogen (secondary N) is 1. The lowest BCUT2D eigenvalue weighted by Gasteiger charge is -2.28. The highest BCUT2D eigenvalue weighted by Crippen LogP contribution is 2.34. The summed E-state index contributed by atoms with van der Waals surface area (Å²) >= 11 is -2.00. The Morgan fingerprint density at radius 1 is 1.32 bits per heavy atom. The van der Waals surface area contributed by atoms with Crippen molar-refractivity contribution in [2.45, 2.75) is 37.7 Å². The van der Waals surface area contributed by atoms with Gasteiger partial charge in [-0.3, -0.25) is 4.98 Å². The largest absolute Gasteiger partial charge is 0.598 e. The molecule has 1 heterocycles. The Bertz CT molecular complexity index is 433. The third-order valence-electron chi connectivity index (χ3n) is 2.17. The predicted molar refractivity (Wildman–Crippen MR) is 64.0 cm³/mol. The Morgan fingerprint density at radius 2 is 1.89 bits per heavy atom. The molecular weight excluding hydrogens is 284 g/mol. The summed E-state index contributed by atoms with van der Waals surface area (Å²) in [5, 5.41) is 0. The van der Waals surface area contributed by atoms with Crippen LogP contribution in [-0.4, -0.2) is 20.5 Å². The lowest BCUT2D eigenvalue weighted by atomic mass is 10.2. The first kappa shape index (κ1) is 16.2. The molecule has 0 aliphatic carbocycles. The molecule has 0 aliphatic heterocycles. The number of alkyl halides is 3. The number of aromatic nitrogens is 1. The molecular formula is C11H14F4N2OS. The Kier molecular flexibility index (Phi) is 4.81. The van der Waals surface area contributed by atoms with Gasteiger partial charge in [0.1, 0.15) is 16.3 Å². The molecule has 0 spiro atoms. The number of halogens is 4. The van der Waals surface area contributed by atoms with Gasteiger partial charge in [0.05, 0.1) is 0 Å². The molecule has 0 amide bonds. The van der Waals surface area contributed by atoms with Crippen molar-refractivity contribution in [2.75, 3.05) is 0 Å². The minimum atomic E-state index is -4.80. The van der Waals surface area contributed by atoms with E-state index in [1.807, 2.05) is 4.72 Å². The SMILES string of the molecule is CC(C)(C)[S@+]([O-])NC(c1ncccc1F)C(F)(F)F. The lowest BCUT2D eigenvalue weighted by molar-refractivity contribution is -0.154. The fourth-order valence-electron chi connectivity index (χ4n) is 1.17. The van der Waals surface area contributed by atoms with Crippen LogP contribution < -0.4 is 4.72 Å². The molecule has 19 heavy (non-hydrogen) atoms. The van der Waals surface area contributed by atoms with Crippen LogP contribution in [0.4, 0.5) is 17.6 Å². The summed E-state index contributed by atoms with van der Waals surface area (Å²) < 4.78 is 65.0. The molecule has 0 aromatic carbocycles. The minimum absolute atomic E-state index is 0.812. The highest BCUT2D eigenvalue weighted by atomic mass is 32.2. The van der Waals surface area contributed by atoms with Crippen LogP contribution in [0.5, 0.6) is 0 Å². The summed E-state index contributed by atoms with van der Waals surface area (Å²) in [5.41, 5.74) is -0.812. The zero-order valence-electron chi connectivity index (χ0n) is 10.6. The van der Waals surface area contributed by atoms with Crippen LogP contribution in [0, 0.1) is 5.82 Å². The third-order valence-corrected chi connectivity index (χ3v) is 3.73. The van der Waals surface area contributed by atoms with E-state index in [1.165, 1.54) is 26.8 Å². The van der Waals surface area contributed by atoms with Crippen LogP contribution >= 0.6 is 0 Å². The van der Waals surface area contributed by atoms with E-state index in [-0.39, 0.29) is 0 Å². The molecule has 2 atom stereocenters. The topological polar surface area (TPSA) is 48.0 Å². The smallest absolute Gasteiger partial charge is 0.413 e. The van der Waals surface area contributed by atoms with E-state index >= 15 is 0 Å². The zero-order chi connectivity index (χ0) is 14.8. The van der Waals surface area contributed by atoms with Gasteiger partial charge in [0.25, 0.3) is 0 Å². The van der Waals surface area contributed by atoms with Gasteiger partial charge in [0.15, 0.2) is 6.04 Å². The maximum absolute atomic E-state index is 13.4. The molecule has 0 fully saturated rings. The van der Waals surface area contributed by atoms with Gasteiger partial charge >= 0.3 is 6.18 Å². The van der Waals surface area contributed by atoms with E-state index in [9.17, 15) is 22.1 Å². The Labute approximate surface area is 111 Å². The molecule has 3 nitrogen and oxygen atoms in total. The van der Waals surface area contributed by atoms with Gasteiger partial charge in [0.2, 0.25) is 0 Å². The summed E-state index contributed by atoms with van der Waals surface area (Å²) in [4.78, 5) is 3.39. The monoisotopic (exact) mass is 298 g/mol. The van der Waals surface area contributed by atoms with Gasteiger partial charge in [-0.05, 0) is 32.9 Å². The average Bonchev–Trinajstić information content (AvgIpc) is 2.24. The Hall–Kier alpha value is -0.860. The third kappa shape index (κ3) is 4.32. The van der Waals surface area contributed by atoms with Crippen molar-refractivity contribution in [3.63, 3.8) is 0 Å². The summed E-state index contributed by atoms with van der Waals surface area (Å²) in [6.07, 6.45) is -3.74. The van der Waals surface area contributed by atoms with Crippen LogP contribution in [0.1, 0.15) is 32.5 Å². The minimum Gasteiger partial charge on any atom is -0.598 e. The van der Waals surface area contributed by atoms with E-state index in [0.717, 1.165) is 12.3 Å². The maximum atomic E-state index is 13.4. The molecule has 1 N–H and O–H groups in total. The van der Waals surface area contributed by atoms with Gasteiger partial charge in [-0.2, -0.15) is 13.2 Å². The van der Waals surface area contributed by atoms with E-state index in [4.69, 9.17) is 0 Å². The molecule has 0 aliphatic rings. The molecule has 0 bridgehead atoms. The lowest BCUT2D eigenvalue weighted by Crippen LogP contribution is -2.46. The second kappa shape index (κ2) is 5.64. The first-order valence-electron chi connectivity index (χ1n) is 5.38. The van der Waals surface area contributed by atoms with E-state index < -0.39 is 39.8 Å². The number of hydrogen-bond donors (Lipinski definition) is 1. The fraction of sp³-hybridized carbons (Fsp3) is 0.545. The highest BCUT2D eigenvalue weighted by molar-refractivity contribution is 7.90. The van der Waals surface area contributed by atoms with E-state index in [2.05, 4.69) is 4.98 Å². The Balaban J connectivity index is 3.08. The maximum Gasteiger partial charge on any atom is 0.413 e. The van der Waals surface area contributed by atoms with Crippen molar-refractivity contribution >= 4 is 11.4 Å². The van der Waals surface area contributed by atoms with Crippen molar-refractivity contribution in [1.29, 1.82) is 0 Å². The first-order valence-corrected chi connectivity index (χ1v) is 6.53. The van der Waals surface area contributed by atoms with Gasteiger partial charge < -0.3 is 4.55 Å². The number of hydrogen-bond acceptors (Lipinski definition) is 3. The van der Waals surface area contributed by atoms with Crippen LogP contribution in [0.3, 0.4) is 0 Å². The molecule has 0 radical (unpaired) electrons. The van der Waals surface area contributed by atoms with E-state index in [0.29, 0.717) is 0 Å². The molecule has 108 valence electrons. The molecule has 1 rings (SSSR count). The molecule has 8 heteroatoms. The molecule has 1 unspecified atom stereocenters. The van der Waals surface area contributed by atoms with Crippen molar-refractivity contribution in [3.8, 4) is 0 Å². The summed E-state index contributed by atoms with van der Waals surface area (Å²) in [6, 6.07) is -0.343. The van der Waals surface area contributed by atoms with Crippen molar-refractivity contribution < 1.29 is 22.1 Å². The molecule has 1 aromatic rings. The summed E-state index contributed by atoms with van der Waals surface area (Å²) in [7, 11) is 0. The summed E-state index contributed by atoms with van der Waals surface area (Å²) in [6.45, 7) is 4.54. The number of pyridine rings is 1. The second-order valence-corrected chi connectivity index (χ2v) is 6.84. The second-order valence-electron chi connectivity index (χ2n) is 4.84. The quantitative estimate of drug-likeness (QED) is 0.689. The molecule has 0 saturated heterocycles. The predicted octanol–water partition coefficient (Wildman–Crippen LogP) is 2.88. The van der Waals surface area contributed by atoms with Crippen LogP contribution in [-0.2, 0) is 11.4 Å². The number of nitrogens with zero attached hydrogens (tertiary/aromatic N) is 1. The normalized spacial score (nSPS) is 16.2. The van der Waals surface area contributed by atoms with Gasteiger partial charge in [-0.25, -0.2) is 4.39 Å². The zero-order valence-corrected chi connectivity index (χ0v) is 11.4. The van der Waals surface area contributed by atoms with Gasteiger partial charge in [0, 0.05) is 17.6 Å². The fourth-order valence-corrected chi connectivity index (χ4v) is 1.98. The van der Waals surface area contributed by atoms with Crippen LogP contribution in [0.25, 0.3) is 0 Å². The first-order chi connectivity index (χ1) is 8.53. The Morgan fingerprint density at radius 3 is 2.32 bits per heavy atom. The average molecular weight is 298 g/mol. The van der Waals surface area contributed by atoms with Crippen LogP contribution in [0.15, 0.2) is 18.3 Å². The van der Waals surface area contributed by atoms with Gasteiger partial charge in [-0.1, -0.05) is 0 Å². The van der Waals surface area contributed by atoms with Crippen molar-refractivity contribution in [1.82, 2.24) is 9.71 Å². The van der Waals surface area contributed by atoms with Crippen molar-refractivity contribution in [2.24, 2.45) is 0 Å². The van der Waals surface area contributed by atoms with Crippen molar-refractivity contribution in [3.05, 3.63) is 29.8 Å². The standard InChI is InChI=1S/C11H14F4N2OS/c1-10(2,3)19(18)17-9(11(13,14)15)8-7(12)5-4-6-16-8/h4-6,9,17H,1-3H3/t9?,19-/m0/s1. The number of rotatable bonds is 3.